The molecule has 0 nitrogen and oxygen atoms in total. The number of alkyl halides is 1. The fourth-order valence-corrected chi connectivity index (χ4v) is 2.31. The zero-order valence-electron chi connectivity index (χ0n) is 7.28. The lowest BCUT2D eigenvalue weighted by Gasteiger charge is -2.25. The van der Waals surface area contributed by atoms with Crippen LogP contribution in [0, 0.1) is 5.92 Å². The minimum atomic E-state index is 0.438. The first-order valence-electron chi connectivity index (χ1n) is 4.47. The largest absolute Gasteiger partial charge is 0.123 e. The number of allylic oxidation sites excluding steroid dienone is 1. The quantitative estimate of drug-likeness (QED) is 0.440. The van der Waals surface area contributed by atoms with E-state index < -0.39 is 0 Å². The molecule has 0 radical (unpaired) electrons. The van der Waals surface area contributed by atoms with Gasteiger partial charge in [0.25, 0.3) is 0 Å². The van der Waals surface area contributed by atoms with Crippen molar-refractivity contribution in [2.24, 2.45) is 5.92 Å². The summed E-state index contributed by atoms with van der Waals surface area (Å²) in [5.41, 5.74) is 1.31. The van der Waals surface area contributed by atoms with E-state index in [0.29, 0.717) is 5.38 Å². The highest BCUT2D eigenvalue weighted by molar-refractivity contribution is 6.20. The SMILES string of the molecule is C=C(C)CC1CCCC(Cl)C1. The Balaban J connectivity index is 2.28. The van der Waals surface area contributed by atoms with Crippen molar-refractivity contribution in [1.29, 1.82) is 0 Å². The molecule has 0 N–H and O–H groups in total. The molecule has 11 heavy (non-hydrogen) atoms. The Kier molecular flexibility index (Phi) is 3.45. The third-order valence-corrected chi connectivity index (χ3v) is 2.75. The summed E-state index contributed by atoms with van der Waals surface area (Å²) in [4.78, 5) is 0. The third-order valence-electron chi connectivity index (χ3n) is 2.36. The van der Waals surface area contributed by atoms with Gasteiger partial charge in [-0.2, -0.15) is 0 Å². The van der Waals surface area contributed by atoms with Crippen LogP contribution in [-0.2, 0) is 0 Å². The van der Waals surface area contributed by atoms with E-state index in [1.165, 1.54) is 37.7 Å². The summed E-state index contributed by atoms with van der Waals surface area (Å²) in [6.07, 6.45) is 6.27. The van der Waals surface area contributed by atoms with Gasteiger partial charge in [0.2, 0.25) is 0 Å². The molecule has 0 saturated heterocycles. The Morgan fingerprint density at radius 1 is 1.55 bits per heavy atom. The van der Waals surface area contributed by atoms with Gasteiger partial charge in [0.1, 0.15) is 0 Å². The first kappa shape index (κ1) is 9.12. The molecule has 0 bridgehead atoms. The Bertz CT molecular complexity index is 140. The molecule has 1 aliphatic rings. The van der Waals surface area contributed by atoms with Gasteiger partial charge in [0, 0.05) is 5.38 Å². The van der Waals surface area contributed by atoms with Gasteiger partial charge in [0.15, 0.2) is 0 Å². The molecule has 2 atom stereocenters. The summed E-state index contributed by atoms with van der Waals surface area (Å²) >= 11 is 6.07. The van der Waals surface area contributed by atoms with Gasteiger partial charge in [-0.1, -0.05) is 18.4 Å². The maximum Gasteiger partial charge on any atom is 0.0338 e. The molecule has 64 valence electrons. The predicted octanol–water partition coefficient (Wildman–Crippen LogP) is 3.75. The van der Waals surface area contributed by atoms with Gasteiger partial charge in [-0.25, -0.2) is 0 Å². The van der Waals surface area contributed by atoms with E-state index in [1.807, 2.05) is 0 Å². The van der Waals surface area contributed by atoms with Gasteiger partial charge in [-0.15, -0.1) is 18.2 Å². The maximum absolute atomic E-state index is 6.07. The van der Waals surface area contributed by atoms with E-state index in [0.717, 1.165) is 5.92 Å². The standard InChI is InChI=1S/C10H17Cl/c1-8(2)6-9-4-3-5-10(11)7-9/h9-10H,1,3-7H2,2H3. The molecular formula is C10H17Cl. The summed E-state index contributed by atoms with van der Waals surface area (Å²) in [7, 11) is 0. The number of halogens is 1. The lowest BCUT2D eigenvalue weighted by molar-refractivity contribution is 0.361. The average Bonchev–Trinajstić information content (AvgIpc) is 1.85. The summed E-state index contributed by atoms with van der Waals surface area (Å²) in [5.74, 6) is 0.823. The van der Waals surface area contributed by atoms with Gasteiger partial charge < -0.3 is 0 Å². The molecular weight excluding hydrogens is 156 g/mol. The molecule has 0 spiro atoms. The first-order chi connectivity index (χ1) is 5.18. The Labute approximate surface area is 74.6 Å². The monoisotopic (exact) mass is 172 g/mol. The molecule has 0 heterocycles. The topological polar surface area (TPSA) is 0 Å². The van der Waals surface area contributed by atoms with Crippen molar-refractivity contribution in [3.05, 3.63) is 12.2 Å². The van der Waals surface area contributed by atoms with E-state index in [2.05, 4.69) is 13.5 Å². The van der Waals surface area contributed by atoms with Gasteiger partial charge in [0.05, 0.1) is 0 Å². The summed E-state index contributed by atoms with van der Waals surface area (Å²) in [6.45, 7) is 6.04. The highest BCUT2D eigenvalue weighted by atomic mass is 35.5. The molecule has 1 heteroatoms. The average molecular weight is 173 g/mol. The van der Waals surface area contributed by atoms with Crippen LogP contribution in [0.3, 0.4) is 0 Å². The molecule has 1 saturated carbocycles. The van der Waals surface area contributed by atoms with E-state index in [1.54, 1.807) is 0 Å². The Morgan fingerprint density at radius 3 is 2.82 bits per heavy atom. The minimum Gasteiger partial charge on any atom is -0.123 e. The van der Waals surface area contributed by atoms with Gasteiger partial charge in [-0.05, 0) is 32.1 Å². The normalized spacial score (nSPS) is 31.8. The third kappa shape index (κ3) is 3.29. The fourth-order valence-electron chi connectivity index (χ4n) is 1.90. The first-order valence-corrected chi connectivity index (χ1v) is 4.90. The van der Waals surface area contributed by atoms with E-state index in [-0.39, 0.29) is 0 Å². The number of rotatable bonds is 2. The van der Waals surface area contributed by atoms with Gasteiger partial charge in [-0.3, -0.25) is 0 Å². The van der Waals surface area contributed by atoms with Crippen molar-refractivity contribution in [3.63, 3.8) is 0 Å². The molecule has 1 aliphatic carbocycles. The van der Waals surface area contributed by atoms with Crippen LogP contribution in [0.4, 0.5) is 0 Å². The summed E-state index contributed by atoms with van der Waals surface area (Å²) < 4.78 is 0. The Hall–Kier alpha value is 0.0300. The van der Waals surface area contributed by atoms with Crippen molar-refractivity contribution < 1.29 is 0 Å². The van der Waals surface area contributed by atoms with Gasteiger partial charge >= 0.3 is 0 Å². The van der Waals surface area contributed by atoms with Crippen molar-refractivity contribution in [2.45, 2.75) is 44.4 Å². The van der Waals surface area contributed by atoms with Crippen molar-refractivity contribution >= 4 is 11.6 Å². The number of hydrogen-bond donors (Lipinski definition) is 0. The van der Waals surface area contributed by atoms with E-state index >= 15 is 0 Å². The molecule has 0 aromatic carbocycles. The highest BCUT2D eigenvalue weighted by Crippen LogP contribution is 2.31. The summed E-state index contributed by atoms with van der Waals surface area (Å²) in [6, 6.07) is 0. The zero-order valence-corrected chi connectivity index (χ0v) is 8.03. The fraction of sp³-hybridized carbons (Fsp3) is 0.800. The van der Waals surface area contributed by atoms with E-state index in [4.69, 9.17) is 11.6 Å². The van der Waals surface area contributed by atoms with Crippen LogP contribution in [0.15, 0.2) is 12.2 Å². The van der Waals surface area contributed by atoms with Crippen LogP contribution in [0.2, 0.25) is 0 Å². The van der Waals surface area contributed by atoms with Crippen LogP contribution < -0.4 is 0 Å². The minimum absolute atomic E-state index is 0.438. The van der Waals surface area contributed by atoms with E-state index in [9.17, 15) is 0 Å². The van der Waals surface area contributed by atoms with Crippen LogP contribution in [0.5, 0.6) is 0 Å². The smallest absolute Gasteiger partial charge is 0.0338 e. The van der Waals surface area contributed by atoms with Crippen molar-refractivity contribution in [1.82, 2.24) is 0 Å². The van der Waals surface area contributed by atoms with Crippen LogP contribution in [0.1, 0.15) is 39.0 Å². The van der Waals surface area contributed by atoms with Crippen molar-refractivity contribution in [2.75, 3.05) is 0 Å². The molecule has 1 fully saturated rings. The second-order valence-corrected chi connectivity index (χ2v) is 4.41. The van der Waals surface area contributed by atoms with Crippen LogP contribution in [-0.4, -0.2) is 5.38 Å². The Morgan fingerprint density at radius 2 is 2.27 bits per heavy atom. The lowest BCUT2D eigenvalue weighted by Crippen LogP contribution is -2.15. The van der Waals surface area contributed by atoms with Crippen LogP contribution >= 0.6 is 11.6 Å². The lowest BCUT2D eigenvalue weighted by atomic mass is 9.85. The molecule has 2 unspecified atom stereocenters. The molecule has 0 aromatic heterocycles. The number of hydrogen-bond acceptors (Lipinski definition) is 0. The maximum atomic E-state index is 6.07. The molecule has 0 amide bonds. The zero-order chi connectivity index (χ0) is 8.27. The van der Waals surface area contributed by atoms with Crippen molar-refractivity contribution in [3.8, 4) is 0 Å². The highest BCUT2D eigenvalue weighted by Gasteiger charge is 2.19. The van der Waals surface area contributed by atoms with Crippen LogP contribution in [0.25, 0.3) is 0 Å². The predicted molar refractivity (Wildman–Crippen MR) is 51.0 cm³/mol. The second-order valence-electron chi connectivity index (χ2n) is 3.79. The molecule has 1 rings (SSSR count). The second kappa shape index (κ2) is 4.15. The molecule has 0 aliphatic heterocycles. The molecule has 0 aromatic rings. The summed E-state index contributed by atoms with van der Waals surface area (Å²) in [5, 5.41) is 0.438.